The van der Waals surface area contributed by atoms with Gasteiger partial charge in [0.25, 0.3) is 0 Å². The van der Waals surface area contributed by atoms with Crippen LogP contribution in [-0.4, -0.2) is 11.2 Å². The second kappa shape index (κ2) is 7.07. The lowest BCUT2D eigenvalue weighted by Crippen LogP contribution is -2.08. The van der Waals surface area contributed by atoms with E-state index in [9.17, 15) is 0 Å². The van der Waals surface area contributed by atoms with Crippen molar-refractivity contribution in [3.8, 4) is 17.3 Å². The molecule has 3 aromatic rings. The number of rotatable bonds is 4. The summed E-state index contributed by atoms with van der Waals surface area (Å²) in [5.74, 6) is 0. The molecule has 0 amide bonds. The van der Waals surface area contributed by atoms with E-state index >= 15 is 0 Å². The molecule has 0 fully saturated rings. The van der Waals surface area contributed by atoms with Crippen molar-refractivity contribution in [2.45, 2.75) is 13.8 Å². The lowest BCUT2D eigenvalue weighted by atomic mass is 10.0. The van der Waals surface area contributed by atoms with Crippen LogP contribution in [0.25, 0.3) is 11.3 Å². The smallest absolute Gasteiger partial charge is 0.211 e. The predicted octanol–water partition coefficient (Wildman–Crippen LogP) is 5.07. The Bertz CT molecular complexity index is 907. The van der Waals surface area contributed by atoms with E-state index < -0.39 is 0 Å². The Morgan fingerprint density at radius 3 is 2.67 bits per heavy atom. The largest absolute Gasteiger partial charge is 0.218 e. The molecule has 5 heteroatoms. The molecule has 0 N–H and O–H groups in total. The first-order valence-electron chi connectivity index (χ1n) is 7.49. The first-order valence-corrected chi connectivity index (χ1v) is 8.37. The Labute approximate surface area is 145 Å². The number of para-hydroxylation sites is 1. The van der Waals surface area contributed by atoms with Gasteiger partial charge >= 0.3 is 0 Å². The second-order valence-corrected chi connectivity index (χ2v) is 6.19. The van der Waals surface area contributed by atoms with Gasteiger partial charge in [0, 0.05) is 10.9 Å². The zero-order valence-electron chi connectivity index (χ0n) is 13.5. The monoisotopic (exact) mass is 332 g/mol. The van der Waals surface area contributed by atoms with E-state index in [1.165, 1.54) is 28.7 Å². The SMILES string of the molecule is Cc1ccc(-c2csc(N(/N=C\C#N)c3ccccc3)n2)c(C)c1. The van der Waals surface area contributed by atoms with Crippen LogP contribution in [0.1, 0.15) is 11.1 Å². The van der Waals surface area contributed by atoms with E-state index in [0.29, 0.717) is 0 Å². The Morgan fingerprint density at radius 2 is 1.96 bits per heavy atom. The Morgan fingerprint density at radius 1 is 1.17 bits per heavy atom. The lowest BCUT2D eigenvalue weighted by Gasteiger charge is -2.14. The number of nitriles is 1. The molecule has 3 rings (SSSR count). The van der Waals surface area contributed by atoms with Crippen molar-refractivity contribution in [3.63, 3.8) is 0 Å². The van der Waals surface area contributed by atoms with Crippen LogP contribution < -0.4 is 5.01 Å². The van der Waals surface area contributed by atoms with Crippen molar-refractivity contribution in [1.29, 1.82) is 5.26 Å². The summed E-state index contributed by atoms with van der Waals surface area (Å²) in [5.41, 5.74) is 5.32. The standard InChI is InChI=1S/C19H16N4S/c1-14-8-9-17(15(2)12-14)18-13-24-19(22-18)23(21-11-10-20)16-6-4-3-5-7-16/h3-9,11-13H,1-2H3/b21-11-. The Hall–Kier alpha value is -2.97. The van der Waals surface area contributed by atoms with Crippen LogP contribution in [0.2, 0.25) is 0 Å². The van der Waals surface area contributed by atoms with Crippen LogP contribution >= 0.6 is 11.3 Å². The second-order valence-electron chi connectivity index (χ2n) is 5.35. The van der Waals surface area contributed by atoms with E-state index in [1.54, 1.807) is 5.01 Å². The van der Waals surface area contributed by atoms with Gasteiger partial charge in [0.15, 0.2) is 0 Å². The highest BCUT2D eigenvalue weighted by Gasteiger charge is 2.14. The fourth-order valence-corrected chi connectivity index (χ4v) is 3.27. The van der Waals surface area contributed by atoms with Gasteiger partial charge in [-0.05, 0) is 31.5 Å². The Kier molecular flexibility index (Phi) is 4.69. The quantitative estimate of drug-likeness (QED) is 0.495. The number of hydrazone groups is 1. The summed E-state index contributed by atoms with van der Waals surface area (Å²) in [5, 5.41) is 17.5. The Balaban J connectivity index is 2.00. The van der Waals surface area contributed by atoms with Gasteiger partial charge in [-0.3, -0.25) is 0 Å². The number of hydrogen-bond donors (Lipinski definition) is 0. The van der Waals surface area contributed by atoms with E-state index in [0.717, 1.165) is 22.1 Å². The summed E-state index contributed by atoms with van der Waals surface area (Å²) in [4.78, 5) is 4.72. The summed E-state index contributed by atoms with van der Waals surface area (Å²) < 4.78 is 0. The molecule has 118 valence electrons. The molecule has 1 aromatic heterocycles. The molecule has 0 radical (unpaired) electrons. The van der Waals surface area contributed by atoms with Gasteiger partial charge in [-0.25, -0.2) is 9.99 Å². The maximum Gasteiger partial charge on any atom is 0.211 e. The molecule has 0 aliphatic carbocycles. The minimum atomic E-state index is 0.725. The zero-order valence-corrected chi connectivity index (χ0v) is 14.3. The van der Waals surface area contributed by atoms with Gasteiger partial charge in [-0.2, -0.15) is 10.4 Å². The minimum absolute atomic E-state index is 0.725. The number of aryl methyl sites for hydroxylation is 2. The topological polar surface area (TPSA) is 52.3 Å². The van der Waals surface area contributed by atoms with Crippen molar-refractivity contribution in [2.24, 2.45) is 5.10 Å². The first kappa shape index (κ1) is 15.9. The van der Waals surface area contributed by atoms with Crippen LogP contribution in [0.15, 0.2) is 59.0 Å². The van der Waals surface area contributed by atoms with Crippen molar-refractivity contribution in [1.82, 2.24) is 4.98 Å². The molecule has 0 saturated carbocycles. The maximum absolute atomic E-state index is 8.81. The van der Waals surface area contributed by atoms with Crippen molar-refractivity contribution in [2.75, 3.05) is 5.01 Å². The van der Waals surface area contributed by atoms with Gasteiger partial charge in [0.2, 0.25) is 5.13 Å². The van der Waals surface area contributed by atoms with Crippen molar-refractivity contribution >= 4 is 28.4 Å². The van der Waals surface area contributed by atoms with Crippen LogP contribution in [0.4, 0.5) is 10.8 Å². The average molecular weight is 332 g/mol. The number of anilines is 2. The third kappa shape index (κ3) is 3.34. The maximum atomic E-state index is 8.81. The number of nitrogens with zero attached hydrogens (tertiary/aromatic N) is 4. The molecular weight excluding hydrogens is 316 g/mol. The third-order valence-electron chi connectivity index (χ3n) is 3.56. The van der Waals surface area contributed by atoms with Gasteiger partial charge in [-0.15, -0.1) is 11.3 Å². The number of thiazole rings is 1. The molecule has 1 heterocycles. The minimum Gasteiger partial charge on any atom is -0.218 e. The van der Waals surface area contributed by atoms with E-state index in [2.05, 4.69) is 37.1 Å². The zero-order chi connectivity index (χ0) is 16.9. The molecule has 0 unspecified atom stereocenters. The molecular formula is C19H16N4S. The number of aromatic nitrogens is 1. The molecule has 0 aliphatic rings. The highest BCUT2D eigenvalue weighted by molar-refractivity contribution is 7.14. The first-order chi connectivity index (χ1) is 11.7. The molecule has 4 nitrogen and oxygen atoms in total. The fourth-order valence-electron chi connectivity index (χ4n) is 2.47. The molecule has 0 aliphatic heterocycles. The molecule has 0 bridgehead atoms. The van der Waals surface area contributed by atoms with Gasteiger partial charge in [0.05, 0.1) is 11.4 Å². The molecule has 24 heavy (non-hydrogen) atoms. The summed E-state index contributed by atoms with van der Waals surface area (Å²) in [7, 11) is 0. The van der Waals surface area contributed by atoms with Crippen molar-refractivity contribution in [3.05, 3.63) is 65.0 Å². The fraction of sp³-hybridized carbons (Fsp3) is 0.105. The summed E-state index contributed by atoms with van der Waals surface area (Å²) in [6.07, 6.45) is 1.21. The van der Waals surface area contributed by atoms with Gasteiger partial charge in [-0.1, -0.05) is 42.0 Å². The van der Waals surface area contributed by atoms with Crippen LogP contribution in [0.5, 0.6) is 0 Å². The normalized spacial score (nSPS) is 10.7. The van der Waals surface area contributed by atoms with E-state index in [1.807, 2.05) is 41.8 Å². The van der Waals surface area contributed by atoms with Crippen molar-refractivity contribution < 1.29 is 0 Å². The van der Waals surface area contributed by atoms with Gasteiger partial charge < -0.3 is 0 Å². The highest BCUT2D eigenvalue weighted by Crippen LogP contribution is 2.33. The lowest BCUT2D eigenvalue weighted by molar-refractivity contribution is 1.07. The average Bonchev–Trinajstić information content (AvgIpc) is 3.06. The third-order valence-corrected chi connectivity index (χ3v) is 4.38. The molecule has 2 aromatic carbocycles. The van der Waals surface area contributed by atoms with Crippen LogP contribution in [0, 0.1) is 25.2 Å². The highest BCUT2D eigenvalue weighted by atomic mass is 32.1. The molecule has 0 spiro atoms. The molecule has 0 saturated heterocycles. The van der Waals surface area contributed by atoms with E-state index in [4.69, 9.17) is 10.2 Å². The van der Waals surface area contributed by atoms with Crippen LogP contribution in [0.3, 0.4) is 0 Å². The van der Waals surface area contributed by atoms with E-state index in [-0.39, 0.29) is 0 Å². The summed E-state index contributed by atoms with van der Waals surface area (Å²) in [6, 6.07) is 17.9. The van der Waals surface area contributed by atoms with Gasteiger partial charge in [0.1, 0.15) is 12.3 Å². The predicted molar refractivity (Wildman–Crippen MR) is 99.7 cm³/mol. The van der Waals surface area contributed by atoms with Crippen LogP contribution in [-0.2, 0) is 0 Å². The summed E-state index contributed by atoms with van der Waals surface area (Å²) >= 11 is 1.50. The number of benzene rings is 2. The molecule has 0 atom stereocenters. The number of hydrogen-bond acceptors (Lipinski definition) is 5. The summed E-state index contributed by atoms with van der Waals surface area (Å²) in [6.45, 7) is 4.17.